The van der Waals surface area contributed by atoms with Gasteiger partial charge in [0.1, 0.15) is 0 Å². The van der Waals surface area contributed by atoms with Crippen molar-refractivity contribution in [2.75, 3.05) is 31.1 Å². The van der Waals surface area contributed by atoms with E-state index in [1.54, 1.807) is 0 Å². The summed E-state index contributed by atoms with van der Waals surface area (Å²) in [5.41, 5.74) is 0.527. The molecule has 0 bridgehead atoms. The summed E-state index contributed by atoms with van der Waals surface area (Å²) >= 11 is 2.12. The van der Waals surface area contributed by atoms with Crippen LogP contribution in [0.25, 0.3) is 0 Å². The first-order valence-electron chi connectivity index (χ1n) is 9.40. The molecule has 1 unspecified atom stereocenters. The zero-order valence-electron chi connectivity index (χ0n) is 13.9. The van der Waals surface area contributed by atoms with Crippen LogP contribution in [-0.2, 0) is 0 Å². The molecule has 1 atom stereocenters. The van der Waals surface area contributed by atoms with Crippen LogP contribution in [0.15, 0.2) is 0 Å². The van der Waals surface area contributed by atoms with Crippen LogP contribution in [0.5, 0.6) is 0 Å². The monoisotopic (exact) mass is 310 g/mol. The molecule has 2 saturated carbocycles. The Morgan fingerprint density at radius 2 is 1.86 bits per heavy atom. The Morgan fingerprint density at radius 1 is 1.10 bits per heavy atom. The number of nitrogens with one attached hydrogen (secondary N) is 1. The molecule has 0 radical (unpaired) electrons. The number of hydrogen-bond donors (Lipinski definition) is 1. The van der Waals surface area contributed by atoms with Gasteiger partial charge in [0, 0.05) is 37.0 Å². The Bertz CT molecular complexity index is 308. The van der Waals surface area contributed by atoms with Crippen molar-refractivity contribution in [2.24, 2.45) is 5.92 Å². The van der Waals surface area contributed by atoms with Crippen LogP contribution in [0.1, 0.15) is 64.7 Å². The maximum atomic E-state index is 3.99. The molecule has 3 aliphatic rings. The van der Waals surface area contributed by atoms with Gasteiger partial charge in [-0.2, -0.15) is 11.8 Å². The summed E-state index contributed by atoms with van der Waals surface area (Å²) in [6, 6.07) is 0.781. The summed E-state index contributed by atoms with van der Waals surface area (Å²) in [7, 11) is 0. The topological polar surface area (TPSA) is 15.3 Å². The lowest BCUT2D eigenvalue weighted by Crippen LogP contribution is -2.65. The summed E-state index contributed by atoms with van der Waals surface area (Å²) in [6.07, 6.45) is 13.1. The minimum Gasteiger partial charge on any atom is -0.311 e. The fourth-order valence-corrected chi connectivity index (χ4v) is 5.59. The molecule has 0 aromatic heterocycles. The summed E-state index contributed by atoms with van der Waals surface area (Å²) in [4.78, 5) is 2.92. The van der Waals surface area contributed by atoms with Crippen molar-refractivity contribution >= 4 is 11.8 Å². The van der Waals surface area contributed by atoms with Crippen molar-refractivity contribution in [1.82, 2.24) is 10.2 Å². The maximum absolute atomic E-state index is 3.99. The van der Waals surface area contributed by atoms with E-state index in [2.05, 4.69) is 28.9 Å². The molecule has 3 heteroatoms. The maximum Gasteiger partial charge on any atom is 0.0335 e. The van der Waals surface area contributed by atoms with Crippen LogP contribution in [0.2, 0.25) is 0 Å². The molecule has 1 saturated heterocycles. The lowest BCUT2D eigenvalue weighted by atomic mass is 9.80. The third kappa shape index (κ3) is 3.79. The molecular weight excluding hydrogens is 276 g/mol. The van der Waals surface area contributed by atoms with Gasteiger partial charge < -0.3 is 5.32 Å². The van der Waals surface area contributed by atoms with E-state index in [-0.39, 0.29) is 0 Å². The quantitative estimate of drug-likeness (QED) is 0.775. The Labute approximate surface area is 135 Å². The van der Waals surface area contributed by atoms with E-state index < -0.39 is 0 Å². The molecule has 3 rings (SSSR count). The molecule has 1 spiro atoms. The Morgan fingerprint density at radius 3 is 2.57 bits per heavy atom. The number of hydrogen-bond acceptors (Lipinski definition) is 3. The fraction of sp³-hybridized carbons (Fsp3) is 1.00. The molecule has 1 heterocycles. The van der Waals surface area contributed by atoms with Crippen LogP contribution in [0.4, 0.5) is 0 Å². The molecule has 1 aliphatic heterocycles. The van der Waals surface area contributed by atoms with Gasteiger partial charge in [0.2, 0.25) is 0 Å². The number of rotatable bonds is 5. The van der Waals surface area contributed by atoms with Gasteiger partial charge >= 0.3 is 0 Å². The van der Waals surface area contributed by atoms with E-state index in [1.807, 2.05) is 0 Å². The smallest absolute Gasteiger partial charge is 0.0335 e. The largest absolute Gasteiger partial charge is 0.311 e. The van der Waals surface area contributed by atoms with Gasteiger partial charge in [-0.3, -0.25) is 4.90 Å². The zero-order valence-corrected chi connectivity index (χ0v) is 14.7. The van der Waals surface area contributed by atoms with Crippen LogP contribution in [0, 0.1) is 5.92 Å². The molecule has 122 valence electrons. The van der Waals surface area contributed by atoms with Crippen LogP contribution < -0.4 is 5.32 Å². The first-order chi connectivity index (χ1) is 10.3. The standard InChI is InChI=1S/C18H34N2S/c1-2-21-13-12-20-14-17(16-8-4-3-5-9-16)19-15-18(20)10-6-7-11-18/h16-17,19H,2-15H2,1H3. The van der Waals surface area contributed by atoms with E-state index in [0.717, 1.165) is 12.0 Å². The fourth-order valence-electron chi connectivity index (χ4n) is 4.95. The van der Waals surface area contributed by atoms with Crippen molar-refractivity contribution in [3.63, 3.8) is 0 Å². The minimum atomic E-state index is 0.527. The van der Waals surface area contributed by atoms with Gasteiger partial charge in [0.15, 0.2) is 0 Å². The Kier molecular flexibility index (Phi) is 5.92. The molecule has 0 amide bonds. The molecule has 21 heavy (non-hydrogen) atoms. The second-order valence-corrected chi connectivity index (χ2v) is 8.85. The van der Waals surface area contributed by atoms with E-state index in [0.29, 0.717) is 5.54 Å². The molecule has 0 aromatic rings. The van der Waals surface area contributed by atoms with Gasteiger partial charge in [0.05, 0.1) is 0 Å². The van der Waals surface area contributed by atoms with Gasteiger partial charge in [0.25, 0.3) is 0 Å². The van der Waals surface area contributed by atoms with Gasteiger partial charge in [-0.1, -0.05) is 39.0 Å². The molecule has 2 nitrogen and oxygen atoms in total. The predicted octanol–water partition coefficient (Wildman–Crippen LogP) is 3.91. The number of piperazine rings is 1. The van der Waals surface area contributed by atoms with Crippen molar-refractivity contribution in [2.45, 2.75) is 76.3 Å². The average molecular weight is 311 g/mol. The van der Waals surface area contributed by atoms with E-state index in [9.17, 15) is 0 Å². The van der Waals surface area contributed by atoms with Gasteiger partial charge in [-0.25, -0.2) is 0 Å². The molecule has 1 N–H and O–H groups in total. The highest BCUT2D eigenvalue weighted by atomic mass is 32.2. The molecule has 2 aliphatic carbocycles. The Hall–Kier alpha value is 0.270. The second kappa shape index (κ2) is 7.70. The highest BCUT2D eigenvalue weighted by Gasteiger charge is 2.44. The van der Waals surface area contributed by atoms with Crippen molar-refractivity contribution in [3.8, 4) is 0 Å². The van der Waals surface area contributed by atoms with Gasteiger partial charge in [-0.15, -0.1) is 0 Å². The summed E-state index contributed by atoms with van der Waals surface area (Å²) in [5, 5.41) is 3.99. The third-order valence-corrected chi connectivity index (χ3v) is 7.12. The third-order valence-electron chi connectivity index (χ3n) is 6.24. The van der Waals surface area contributed by atoms with Crippen molar-refractivity contribution < 1.29 is 0 Å². The molecule has 3 fully saturated rings. The van der Waals surface area contributed by atoms with Gasteiger partial charge in [-0.05, 0) is 37.4 Å². The first kappa shape index (κ1) is 16.1. The van der Waals surface area contributed by atoms with Crippen LogP contribution in [-0.4, -0.2) is 47.6 Å². The Balaban J connectivity index is 1.61. The summed E-state index contributed by atoms with van der Waals surface area (Å²) in [5.74, 6) is 3.56. The normalized spacial score (nSPS) is 31.0. The number of nitrogens with zero attached hydrogens (tertiary/aromatic N) is 1. The highest BCUT2D eigenvalue weighted by Crippen LogP contribution is 2.39. The van der Waals surface area contributed by atoms with Crippen molar-refractivity contribution in [1.29, 1.82) is 0 Å². The van der Waals surface area contributed by atoms with E-state index in [4.69, 9.17) is 0 Å². The lowest BCUT2D eigenvalue weighted by molar-refractivity contribution is 0.0297. The van der Waals surface area contributed by atoms with Crippen molar-refractivity contribution in [3.05, 3.63) is 0 Å². The zero-order chi connectivity index (χ0) is 14.5. The molecule has 0 aromatic carbocycles. The van der Waals surface area contributed by atoms with Crippen LogP contribution in [0.3, 0.4) is 0 Å². The second-order valence-electron chi connectivity index (χ2n) is 7.46. The predicted molar refractivity (Wildman–Crippen MR) is 94.1 cm³/mol. The summed E-state index contributed by atoms with van der Waals surface area (Å²) in [6.45, 7) is 6.21. The summed E-state index contributed by atoms with van der Waals surface area (Å²) < 4.78 is 0. The minimum absolute atomic E-state index is 0.527. The van der Waals surface area contributed by atoms with E-state index >= 15 is 0 Å². The number of thioether (sulfide) groups is 1. The van der Waals surface area contributed by atoms with E-state index in [1.165, 1.54) is 88.9 Å². The van der Waals surface area contributed by atoms with Crippen LogP contribution >= 0.6 is 11.8 Å². The lowest BCUT2D eigenvalue weighted by Gasteiger charge is -2.50. The SMILES string of the molecule is CCSCCN1CC(C2CCCCC2)NCC12CCCC2. The highest BCUT2D eigenvalue weighted by molar-refractivity contribution is 7.99. The first-order valence-corrected chi connectivity index (χ1v) is 10.6. The molecular formula is C18H34N2S. The average Bonchev–Trinajstić information content (AvgIpc) is 3.00.